The minimum atomic E-state index is -0.266. The maximum Gasteiger partial charge on any atom is 0.338 e. The molecule has 31 heavy (non-hydrogen) atoms. The Kier molecular flexibility index (Phi) is 11.2. The van der Waals surface area contributed by atoms with Crippen molar-refractivity contribution in [3.63, 3.8) is 0 Å². The lowest BCUT2D eigenvalue weighted by molar-refractivity contribution is 0.0486. The van der Waals surface area contributed by atoms with Gasteiger partial charge >= 0.3 is 11.9 Å². The molecular formula is C25H36N2O4. The Balaban J connectivity index is 0.000000316. The second-order valence-electron chi connectivity index (χ2n) is 7.92. The number of rotatable bonds is 8. The smallest absolute Gasteiger partial charge is 0.338 e. The molecular weight excluding hydrogens is 392 g/mol. The largest absolute Gasteiger partial charge is 0.462 e. The van der Waals surface area contributed by atoms with E-state index in [0.29, 0.717) is 30.3 Å². The quantitative estimate of drug-likeness (QED) is 0.558. The summed E-state index contributed by atoms with van der Waals surface area (Å²) in [6.45, 7) is 6.92. The summed E-state index contributed by atoms with van der Waals surface area (Å²) >= 11 is 0. The number of esters is 2. The molecule has 0 aliphatic rings. The number of hydrogen-bond acceptors (Lipinski definition) is 6. The van der Waals surface area contributed by atoms with Crippen molar-refractivity contribution < 1.29 is 19.1 Å². The number of anilines is 2. The zero-order chi connectivity index (χ0) is 23.4. The lowest BCUT2D eigenvalue weighted by Crippen LogP contribution is -2.10. The van der Waals surface area contributed by atoms with Crippen molar-refractivity contribution in [2.45, 2.75) is 27.2 Å². The van der Waals surface area contributed by atoms with Gasteiger partial charge in [-0.15, -0.1) is 0 Å². The van der Waals surface area contributed by atoms with Crippen molar-refractivity contribution in [3.8, 4) is 0 Å². The van der Waals surface area contributed by atoms with Crippen LogP contribution in [-0.4, -0.2) is 53.3 Å². The maximum atomic E-state index is 11.7. The van der Waals surface area contributed by atoms with Crippen molar-refractivity contribution >= 4 is 23.3 Å². The minimum Gasteiger partial charge on any atom is -0.462 e. The Morgan fingerprint density at radius 3 is 1.45 bits per heavy atom. The van der Waals surface area contributed by atoms with Gasteiger partial charge in [-0.3, -0.25) is 0 Å². The summed E-state index contributed by atoms with van der Waals surface area (Å²) in [7, 11) is 7.85. The SMILES string of the molecule is CC(C)CCOC(=O)c1ccc(N(C)C)cc1.CCOC(=O)c1ccc(N(C)C)cc1. The Hall–Kier alpha value is -3.02. The zero-order valence-corrected chi connectivity index (χ0v) is 19.8. The Morgan fingerprint density at radius 2 is 1.13 bits per heavy atom. The predicted octanol–water partition coefficient (Wildman–Crippen LogP) is 4.88. The first-order valence-corrected chi connectivity index (χ1v) is 10.5. The first-order valence-electron chi connectivity index (χ1n) is 10.5. The number of nitrogens with zero attached hydrogens (tertiary/aromatic N) is 2. The molecule has 0 spiro atoms. The van der Waals surface area contributed by atoms with Crippen LogP contribution in [0.25, 0.3) is 0 Å². The second-order valence-corrected chi connectivity index (χ2v) is 7.92. The van der Waals surface area contributed by atoms with E-state index in [1.165, 1.54) is 0 Å². The molecule has 0 heterocycles. The summed E-state index contributed by atoms with van der Waals surface area (Å²) in [5.41, 5.74) is 3.35. The fraction of sp³-hybridized carbons (Fsp3) is 0.440. The zero-order valence-electron chi connectivity index (χ0n) is 19.8. The summed E-state index contributed by atoms with van der Waals surface area (Å²) in [5.74, 6) is 0.0488. The van der Waals surface area contributed by atoms with Crippen LogP contribution in [0.15, 0.2) is 48.5 Å². The Bertz CT molecular complexity index is 797. The third-order valence-corrected chi connectivity index (χ3v) is 4.44. The molecule has 0 N–H and O–H groups in total. The Morgan fingerprint density at radius 1 is 0.742 bits per heavy atom. The molecule has 6 nitrogen and oxygen atoms in total. The van der Waals surface area contributed by atoms with Gasteiger partial charge in [-0.2, -0.15) is 0 Å². The molecule has 170 valence electrons. The number of hydrogen-bond donors (Lipinski definition) is 0. The van der Waals surface area contributed by atoms with E-state index in [2.05, 4.69) is 13.8 Å². The minimum absolute atomic E-state index is 0.240. The monoisotopic (exact) mass is 428 g/mol. The van der Waals surface area contributed by atoms with Crippen molar-refractivity contribution in [1.29, 1.82) is 0 Å². The summed E-state index contributed by atoms with van der Waals surface area (Å²) in [6, 6.07) is 14.8. The average molecular weight is 429 g/mol. The van der Waals surface area contributed by atoms with Gasteiger partial charge in [0.1, 0.15) is 0 Å². The van der Waals surface area contributed by atoms with Gasteiger partial charge in [0.15, 0.2) is 0 Å². The molecule has 6 heteroatoms. The van der Waals surface area contributed by atoms with Gasteiger partial charge in [0.25, 0.3) is 0 Å². The lowest BCUT2D eigenvalue weighted by Gasteiger charge is -2.12. The van der Waals surface area contributed by atoms with Crippen molar-refractivity contribution in [2.75, 3.05) is 51.2 Å². The highest BCUT2D eigenvalue weighted by Crippen LogP contribution is 2.14. The van der Waals surface area contributed by atoms with Crippen LogP contribution >= 0.6 is 0 Å². The highest BCUT2D eigenvalue weighted by molar-refractivity contribution is 5.90. The average Bonchev–Trinajstić information content (AvgIpc) is 2.74. The van der Waals surface area contributed by atoms with Crippen LogP contribution in [0.5, 0.6) is 0 Å². The van der Waals surface area contributed by atoms with Crippen LogP contribution in [0.2, 0.25) is 0 Å². The number of carbonyl (C=O) groups excluding carboxylic acids is 2. The fourth-order valence-corrected chi connectivity index (χ4v) is 2.48. The highest BCUT2D eigenvalue weighted by Gasteiger charge is 2.08. The summed E-state index contributed by atoms with van der Waals surface area (Å²) in [5, 5.41) is 0. The van der Waals surface area contributed by atoms with Crippen molar-refractivity contribution in [2.24, 2.45) is 5.92 Å². The third-order valence-electron chi connectivity index (χ3n) is 4.44. The van der Waals surface area contributed by atoms with E-state index in [-0.39, 0.29) is 11.9 Å². The molecule has 0 unspecified atom stereocenters. The van der Waals surface area contributed by atoms with Crippen LogP contribution in [0, 0.1) is 5.92 Å². The van der Waals surface area contributed by atoms with E-state index in [4.69, 9.17) is 9.47 Å². The van der Waals surface area contributed by atoms with Crippen LogP contribution in [0.4, 0.5) is 11.4 Å². The van der Waals surface area contributed by atoms with Crippen LogP contribution in [0.3, 0.4) is 0 Å². The van der Waals surface area contributed by atoms with Gasteiger partial charge in [0.2, 0.25) is 0 Å². The van der Waals surface area contributed by atoms with Gasteiger partial charge in [-0.25, -0.2) is 9.59 Å². The van der Waals surface area contributed by atoms with Crippen LogP contribution in [0.1, 0.15) is 47.9 Å². The molecule has 2 aromatic carbocycles. The summed E-state index contributed by atoms with van der Waals surface area (Å²) in [6.07, 6.45) is 0.904. The van der Waals surface area contributed by atoms with Crippen LogP contribution in [-0.2, 0) is 9.47 Å². The van der Waals surface area contributed by atoms with E-state index in [9.17, 15) is 9.59 Å². The molecule has 2 rings (SSSR count). The molecule has 2 aromatic rings. The van der Waals surface area contributed by atoms with Crippen LogP contribution < -0.4 is 9.80 Å². The number of ether oxygens (including phenoxy) is 2. The van der Waals surface area contributed by atoms with E-state index in [0.717, 1.165) is 17.8 Å². The van der Waals surface area contributed by atoms with Gasteiger partial charge in [-0.1, -0.05) is 13.8 Å². The second kappa shape index (κ2) is 13.3. The topological polar surface area (TPSA) is 59.1 Å². The molecule has 0 aromatic heterocycles. The first-order chi connectivity index (χ1) is 14.6. The third kappa shape index (κ3) is 9.55. The lowest BCUT2D eigenvalue weighted by atomic mass is 10.1. The normalized spacial score (nSPS) is 10.1. The molecule has 0 amide bonds. The van der Waals surface area contributed by atoms with Gasteiger partial charge < -0.3 is 19.3 Å². The predicted molar refractivity (Wildman–Crippen MR) is 127 cm³/mol. The van der Waals surface area contributed by atoms with Gasteiger partial charge in [0.05, 0.1) is 24.3 Å². The molecule has 0 fully saturated rings. The first kappa shape index (κ1) is 26.0. The number of carbonyl (C=O) groups is 2. The highest BCUT2D eigenvalue weighted by atomic mass is 16.5. The summed E-state index contributed by atoms with van der Waals surface area (Å²) in [4.78, 5) is 26.9. The number of benzene rings is 2. The Labute approximate surface area is 186 Å². The van der Waals surface area contributed by atoms with E-state index < -0.39 is 0 Å². The van der Waals surface area contributed by atoms with Crippen molar-refractivity contribution in [1.82, 2.24) is 0 Å². The summed E-state index contributed by atoms with van der Waals surface area (Å²) < 4.78 is 10.1. The molecule has 0 bridgehead atoms. The fourth-order valence-electron chi connectivity index (χ4n) is 2.48. The van der Waals surface area contributed by atoms with Gasteiger partial charge in [0, 0.05) is 39.6 Å². The van der Waals surface area contributed by atoms with Crippen molar-refractivity contribution in [3.05, 3.63) is 59.7 Å². The molecule has 0 radical (unpaired) electrons. The molecule has 0 atom stereocenters. The molecule has 0 aliphatic heterocycles. The molecule has 0 aliphatic carbocycles. The van der Waals surface area contributed by atoms with E-state index >= 15 is 0 Å². The molecule has 0 saturated carbocycles. The maximum absolute atomic E-state index is 11.7. The molecule has 0 saturated heterocycles. The standard InChI is InChI=1S/C14H21NO2.C11H15NO2/c1-11(2)9-10-17-14(16)12-5-7-13(8-6-12)15(3)4;1-4-14-11(13)9-5-7-10(8-6-9)12(2)3/h5-8,11H,9-10H2,1-4H3;5-8H,4H2,1-3H3. The van der Waals surface area contributed by atoms with Gasteiger partial charge in [-0.05, 0) is 67.8 Å². The van der Waals surface area contributed by atoms with E-state index in [1.54, 1.807) is 31.2 Å². The van der Waals surface area contributed by atoms with E-state index in [1.807, 2.05) is 62.3 Å².